The molecule has 0 aliphatic rings. The van der Waals surface area contributed by atoms with Crippen molar-refractivity contribution in [1.29, 1.82) is 0 Å². The third kappa shape index (κ3) is 4.61. The zero-order chi connectivity index (χ0) is 12.7. The number of nitrogens with zero attached hydrogens (tertiary/aromatic N) is 1. The molecule has 0 aliphatic carbocycles. The quantitative estimate of drug-likeness (QED) is 0.764. The van der Waals surface area contributed by atoms with Crippen molar-refractivity contribution >= 4 is 5.82 Å². The molecule has 0 spiro atoms. The molecule has 0 saturated heterocycles. The van der Waals surface area contributed by atoms with Gasteiger partial charge in [-0.3, -0.25) is 0 Å². The number of pyridine rings is 1. The summed E-state index contributed by atoms with van der Waals surface area (Å²) in [6.45, 7) is 6.76. The van der Waals surface area contributed by atoms with Gasteiger partial charge >= 0.3 is 0 Å². The Bertz CT molecular complexity index is 328. The van der Waals surface area contributed by atoms with Gasteiger partial charge in [0.25, 0.3) is 0 Å². The number of nitrogens with one attached hydrogen (secondary N) is 1. The van der Waals surface area contributed by atoms with E-state index in [0.717, 1.165) is 24.4 Å². The fraction of sp³-hybridized carbons (Fsp3) is 0.615. The number of hydrogen-bond donors (Lipinski definition) is 2. The van der Waals surface area contributed by atoms with Crippen molar-refractivity contribution in [2.75, 3.05) is 11.9 Å². The zero-order valence-corrected chi connectivity index (χ0v) is 10.9. The average molecular weight is 237 g/mol. The predicted octanol–water partition coefficient (Wildman–Crippen LogP) is 2.41. The maximum absolute atomic E-state index is 5.73. The van der Waals surface area contributed by atoms with Crippen LogP contribution in [-0.4, -0.2) is 23.7 Å². The molecule has 1 aromatic heterocycles. The van der Waals surface area contributed by atoms with Crippen molar-refractivity contribution in [3.8, 4) is 5.75 Å². The molecule has 0 amide bonds. The van der Waals surface area contributed by atoms with Crippen LogP contribution in [0.15, 0.2) is 18.3 Å². The van der Waals surface area contributed by atoms with Gasteiger partial charge in [0.2, 0.25) is 0 Å². The molecule has 1 unspecified atom stereocenters. The molecule has 96 valence electrons. The third-order valence-corrected chi connectivity index (χ3v) is 2.40. The van der Waals surface area contributed by atoms with Crippen LogP contribution in [0.25, 0.3) is 0 Å². The van der Waals surface area contributed by atoms with E-state index in [2.05, 4.69) is 17.2 Å². The van der Waals surface area contributed by atoms with Crippen LogP contribution in [0.4, 0.5) is 5.82 Å². The molecular weight excluding hydrogens is 214 g/mol. The Morgan fingerprint density at radius 1 is 1.47 bits per heavy atom. The number of rotatable bonds is 7. The van der Waals surface area contributed by atoms with Crippen molar-refractivity contribution in [1.82, 2.24) is 4.98 Å². The van der Waals surface area contributed by atoms with E-state index >= 15 is 0 Å². The van der Waals surface area contributed by atoms with Gasteiger partial charge in [0.15, 0.2) is 11.6 Å². The Kier molecular flexibility index (Phi) is 5.77. The number of ether oxygens (including phenoxy) is 1. The monoisotopic (exact) mass is 237 g/mol. The van der Waals surface area contributed by atoms with Crippen molar-refractivity contribution in [3.63, 3.8) is 0 Å². The van der Waals surface area contributed by atoms with Crippen LogP contribution in [0, 0.1) is 0 Å². The first-order valence-corrected chi connectivity index (χ1v) is 6.25. The van der Waals surface area contributed by atoms with Crippen LogP contribution < -0.4 is 15.8 Å². The van der Waals surface area contributed by atoms with Crippen molar-refractivity contribution in [2.45, 2.75) is 45.8 Å². The van der Waals surface area contributed by atoms with Crippen LogP contribution in [-0.2, 0) is 0 Å². The first kappa shape index (κ1) is 13.8. The Morgan fingerprint density at radius 3 is 2.82 bits per heavy atom. The maximum atomic E-state index is 5.73. The van der Waals surface area contributed by atoms with Gasteiger partial charge in [-0.25, -0.2) is 4.98 Å². The minimum Gasteiger partial charge on any atom is -0.487 e. The highest BCUT2D eigenvalue weighted by atomic mass is 16.5. The van der Waals surface area contributed by atoms with Crippen LogP contribution in [0.1, 0.15) is 33.6 Å². The normalized spacial score (nSPS) is 12.5. The highest BCUT2D eigenvalue weighted by molar-refractivity contribution is 5.50. The fourth-order valence-corrected chi connectivity index (χ4v) is 1.64. The molecule has 17 heavy (non-hydrogen) atoms. The number of hydrogen-bond acceptors (Lipinski definition) is 4. The smallest absolute Gasteiger partial charge is 0.169 e. The van der Waals surface area contributed by atoms with E-state index in [9.17, 15) is 0 Å². The van der Waals surface area contributed by atoms with Gasteiger partial charge < -0.3 is 15.8 Å². The summed E-state index contributed by atoms with van der Waals surface area (Å²) in [7, 11) is 0. The molecule has 0 fully saturated rings. The summed E-state index contributed by atoms with van der Waals surface area (Å²) >= 11 is 0. The molecule has 0 aliphatic heterocycles. The predicted molar refractivity (Wildman–Crippen MR) is 71.4 cm³/mol. The Labute approximate surface area is 104 Å². The molecule has 0 radical (unpaired) electrons. The van der Waals surface area contributed by atoms with E-state index in [1.54, 1.807) is 6.20 Å². The molecule has 1 heterocycles. The second-order valence-electron chi connectivity index (χ2n) is 4.38. The standard InChI is InChI=1S/C13H23N3O/c1-4-6-11(9-14)16-13-12(17-10(2)3)7-5-8-15-13/h5,7-8,10-11H,4,6,9,14H2,1-3H3,(H,15,16). The van der Waals surface area contributed by atoms with Crippen molar-refractivity contribution < 1.29 is 4.74 Å². The average Bonchev–Trinajstić information content (AvgIpc) is 2.30. The van der Waals surface area contributed by atoms with Gasteiger partial charge in [0.1, 0.15) is 0 Å². The Morgan fingerprint density at radius 2 is 2.24 bits per heavy atom. The third-order valence-electron chi connectivity index (χ3n) is 2.40. The van der Waals surface area contributed by atoms with Gasteiger partial charge in [-0.1, -0.05) is 13.3 Å². The number of aromatic nitrogens is 1. The van der Waals surface area contributed by atoms with E-state index in [1.807, 2.05) is 26.0 Å². The first-order chi connectivity index (χ1) is 8.17. The highest BCUT2D eigenvalue weighted by Gasteiger charge is 2.11. The molecule has 0 bridgehead atoms. The summed E-state index contributed by atoms with van der Waals surface area (Å²) in [4.78, 5) is 4.31. The molecule has 0 aromatic carbocycles. The summed E-state index contributed by atoms with van der Waals surface area (Å²) in [6, 6.07) is 4.05. The Balaban J connectivity index is 2.74. The highest BCUT2D eigenvalue weighted by Crippen LogP contribution is 2.23. The first-order valence-electron chi connectivity index (χ1n) is 6.25. The summed E-state index contributed by atoms with van der Waals surface area (Å²) in [5, 5.41) is 3.34. The summed E-state index contributed by atoms with van der Waals surface area (Å²) in [5.74, 6) is 1.57. The van der Waals surface area contributed by atoms with E-state index in [4.69, 9.17) is 10.5 Å². The van der Waals surface area contributed by atoms with E-state index in [0.29, 0.717) is 6.54 Å². The summed E-state index contributed by atoms with van der Waals surface area (Å²) in [5.41, 5.74) is 5.73. The largest absolute Gasteiger partial charge is 0.487 e. The lowest BCUT2D eigenvalue weighted by molar-refractivity contribution is 0.242. The van der Waals surface area contributed by atoms with E-state index in [-0.39, 0.29) is 12.1 Å². The number of anilines is 1. The lowest BCUT2D eigenvalue weighted by atomic mass is 10.1. The van der Waals surface area contributed by atoms with Gasteiger partial charge in [-0.15, -0.1) is 0 Å². The van der Waals surface area contributed by atoms with Crippen LogP contribution in [0.5, 0.6) is 5.75 Å². The van der Waals surface area contributed by atoms with Crippen LogP contribution >= 0.6 is 0 Å². The lowest BCUT2D eigenvalue weighted by Crippen LogP contribution is -2.29. The summed E-state index contributed by atoms with van der Waals surface area (Å²) < 4.78 is 5.70. The molecule has 1 aromatic rings. The second-order valence-corrected chi connectivity index (χ2v) is 4.38. The second kappa shape index (κ2) is 7.12. The minimum atomic E-state index is 0.141. The van der Waals surface area contributed by atoms with Gasteiger partial charge in [-0.2, -0.15) is 0 Å². The zero-order valence-electron chi connectivity index (χ0n) is 10.9. The van der Waals surface area contributed by atoms with Gasteiger partial charge in [0.05, 0.1) is 6.10 Å². The molecule has 1 atom stereocenters. The maximum Gasteiger partial charge on any atom is 0.169 e. The van der Waals surface area contributed by atoms with Gasteiger partial charge in [-0.05, 0) is 32.4 Å². The van der Waals surface area contributed by atoms with Crippen molar-refractivity contribution in [3.05, 3.63) is 18.3 Å². The van der Waals surface area contributed by atoms with Crippen LogP contribution in [0.2, 0.25) is 0 Å². The molecule has 4 nitrogen and oxygen atoms in total. The molecular formula is C13H23N3O. The van der Waals surface area contributed by atoms with E-state index in [1.165, 1.54) is 0 Å². The number of nitrogens with two attached hydrogens (primary N) is 1. The lowest BCUT2D eigenvalue weighted by Gasteiger charge is -2.19. The van der Waals surface area contributed by atoms with Crippen molar-refractivity contribution in [2.24, 2.45) is 5.73 Å². The topological polar surface area (TPSA) is 60.2 Å². The summed E-state index contributed by atoms with van der Waals surface area (Å²) in [6.07, 6.45) is 4.04. The minimum absolute atomic E-state index is 0.141. The fourth-order valence-electron chi connectivity index (χ4n) is 1.64. The Hall–Kier alpha value is -1.29. The van der Waals surface area contributed by atoms with E-state index < -0.39 is 0 Å². The SMILES string of the molecule is CCCC(CN)Nc1ncccc1OC(C)C. The molecule has 4 heteroatoms. The molecule has 3 N–H and O–H groups in total. The van der Waals surface area contributed by atoms with Crippen LogP contribution in [0.3, 0.4) is 0 Å². The van der Waals surface area contributed by atoms with Gasteiger partial charge in [0, 0.05) is 18.8 Å². The molecule has 0 saturated carbocycles. The molecule has 1 rings (SSSR count).